The molecule has 0 saturated heterocycles. The molecule has 3 aromatic rings. The first-order valence-corrected chi connectivity index (χ1v) is 7.83. The predicted octanol–water partition coefficient (Wildman–Crippen LogP) is 3.49. The Hall–Kier alpha value is -3.46. The van der Waals surface area contributed by atoms with Crippen molar-refractivity contribution in [3.63, 3.8) is 0 Å². The van der Waals surface area contributed by atoms with Crippen molar-refractivity contribution in [1.29, 1.82) is 5.26 Å². The van der Waals surface area contributed by atoms with Gasteiger partial charge in [-0.25, -0.2) is 0 Å². The number of amides is 1. The van der Waals surface area contributed by atoms with Crippen LogP contribution in [0.5, 0.6) is 0 Å². The van der Waals surface area contributed by atoms with E-state index in [1.54, 1.807) is 24.3 Å². The van der Waals surface area contributed by atoms with Gasteiger partial charge in [-0.05, 0) is 37.3 Å². The Bertz CT molecular complexity index is 940. The number of rotatable bonds is 5. The van der Waals surface area contributed by atoms with Gasteiger partial charge < -0.3 is 9.73 Å². The maximum absolute atomic E-state index is 12.0. The molecule has 0 saturated carbocycles. The largest absolute Gasteiger partial charge is 0.421 e. The van der Waals surface area contributed by atoms with E-state index in [0.717, 1.165) is 11.1 Å². The number of carbonyl (C=O) groups is 1. The number of nitrogens with zero attached hydrogens (tertiary/aromatic N) is 3. The molecular weight excluding hydrogens is 316 g/mol. The summed E-state index contributed by atoms with van der Waals surface area (Å²) in [5.74, 6) is 0.684. The van der Waals surface area contributed by atoms with Gasteiger partial charge >= 0.3 is 0 Å². The van der Waals surface area contributed by atoms with Gasteiger partial charge in [-0.1, -0.05) is 23.8 Å². The van der Waals surface area contributed by atoms with Gasteiger partial charge in [0, 0.05) is 24.1 Å². The molecule has 124 valence electrons. The fourth-order valence-corrected chi connectivity index (χ4v) is 2.36. The molecule has 0 atom stereocenters. The quantitative estimate of drug-likeness (QED) is 0.772. The Morgan fingerprint density at radius 1 is 1.20 bits per heavy atom. The zero-order valence-electron chi connectivity index (χ0n) is 13.7. The smallest absolute Gasteiger partial charge is 0.247 e. The van der Waals surface area contributed by atoms with E-state index in [9.17, 15) is 4.79 Å². The molecule has 0 unspecified atom stereocenters. The molecule has 0 radical (unpaired) electrons. The van der Waals surface area contributed by atoms with Gasteiger partial charge in [0.2, 0.25) is 17.7 Å². The van der Waals surface area contributed by atoms with E-state index in [4.69, 9.17) is 9.68 Å². The number of aromatic nitrogens is 2. The van der Waals surface area contributed by atoms with Crippen molar-refractivity contribution in [2.45, 2.75) is 19.8 Å². The lowest BCUT2D eigenvalue weighted by Gasteiger charge is -2.04. The second-order valence-electron chi connectivity index (χ2n) is 5.61. The Balaban J connectivity index is 1.58. The lowest BCUT2D eigenvalue weighted by molar-refractivity contribution is -0.116. The van der Waals surface area contributed by atoms with E-state index >= 15 is 0 Å². The van der Waals surface area contributed by atoms with E-state index in [2.05, 4.69) is 15.5 Å². The van der Waals surface area contributed by atoms with E-state index in [0.29, 0.717) is 29.5 Å². The third kappa shape index (κ3) is 4.30. The predicted molar refractivity (Wildman–Crippen MR) is 92.6 cm³/mol. The number of carbonyl (C=O) groups excluding carboxylic acids is 1. The van der Waals surface area contributed by atoms with Crippen LogP contribution in [-0.2, 0) is 11.2 Å². The molecule has 0 aliphatic heterocycles. The second-order valence-corrected chi connectivity index (χ2v) is 5.61. The Kier molecular flexibility index (Phi) is 4.86. The molecule has 1 aromatic heterocycles. The molecule has 1 amide bonds. The summed E-state index contributed by atoms with van der Waals surface area (Å²) in [6.07, 6.45) is 0.564. The van der Waals surface area contributed by atoms with Crippen LogP contribution in [0.15, 0.2) is 52.9 Å². The SMILES string of the molecule is Cc1cccc(-c2nnc(CCC(=O)Nc3cccc(C#N)c3)o2)c1. The van der Waals surface area contributed by atoms with Gasteiger partial charge in [-0.3, -0.25) is 4.79 Å². The molecular formula is C19H16N4O2. The normalized spacial score (nSPS) is 10.2. The van der Waals surface area contributed by atoms with Gasteiger partial charge in [-0.15, -0.1) is 10.2 Å². The van der Waals surface area contributed by atoms with Crippen LogP contribution in [0.3, 0.4) is 0 Å². The number of hydrogen-bond donors (Lipinski definition) is 1. The van der Waals surface area contributed by atoms with Crippen LogP contribution in [-0.4, -0.2) is 16.1 Å². The second kappa shape index (κ2) is 7.41. The van der Waals surface area contributed by atoms with E-state index < -0.39 is 0 Å². The topological polar surface area (TPSA) is 91.8 Å². The van der Waals surface area contributed by atoms with Gasteiger partial charge in [-0.2, -0.15) is 5.26 Å². The van der Waals surface area contributed by atoms with E-state index in [1.807, 2.05) is 37.3 Å². The first kappa shape index (κ1) is 16.4. The van der Waals surface area contributed by atoms with Crippen molar-refractivity contribution in [1.82, 2.24) is 10.2 Å². The molecule has 1 heterocycles. The molecule has 25 heavy (non-hydrogen) atoms. The number of nitriles is 1. The van der Waals surface area contributed by atoms with Crippen LogP contribution in [0, 0.1) is 18.3 Å². The highest BCUT2D eigenvalue weighted by molar-refractivity contribution is 5.90. The van der Waals surface area contributed by atoms with E-state index in [-0.39, 0.29) is 12.3 Å². The highest BCUT2D eigenvalue weighted by Gasteiger charge is 2.11. The third-order valence-corrected chi connectivity index (χ3v) is 3.57. The lowest BCUT2D eigenvalue weighted by Crippen LogP contribution is -2.12. The summed E-state index contributed by atoms with van der Waals surface area (Å²) in [4.78, 5) is 12.0. The monoisotopic (exact) mass is 332 g/mol. The van der Waals surface area contributed by atoms with Crippen LogP contribution in [0.25, 0.3) is 11.5 Å². The van der Waals surface area contributed by atoms with Gasteiger partial charge in [0.15, 0.2) is 0 Å². The van der Waals surface area contributed by atoms with Crippen LogP contribution in [0.1, 0.15) is 23.4 Å². The fourth-order valence-electron chi connectivity index (χ4n) is 2.36. The minimum atomic E-state index is -0.176. The molecule has 6 nitrogen and oxygen atoms in total. The summed E-state index contributed by atoms with van der Waals surface area (Å²) in [7, 11) is 0. The Morgan fingerprint density at radius 3 is 2.84 bits per heavy atom. The molecule has 2 aromatic carbocycles. The summed E-state index contributed by atoms with van der Waals surface area (Å²) in [5, 5.41) is 19.6. The third-order valence-electron chi connectivity index (χ3n) is 3.57. The zero-order chi connectivity index (χ0) is 17.6. The number of hydrogen-bond acceptors (Lipinski definition) is 5. The summed E-state index contributed by atoms with van der Waals surface area (Å²) < 4.78 is 5.62. The average molecular weight is 332 g/mol. The fraction of sp³-hybridized carbons (Fsp3) is 0.158. The zero-order valence-corrected chi connectivity index (χ0v) is 13.7. The Morgan fingerprint density at radius 2 is 2.04 bits per heavy atom. The average Bonchev–Trinajstić information content (AvgIpc) is 3.09. The molecule has 0 aliphatic carbocycles. The van der Waals surface area contributed by atoms with Crippen LogP contribution in [0.2, 0.25) is 0 Å². The number of aryl methyl sites for hydroxylation is 2. The summed E-state index contributed by atoms with van der Waals surface area (Å²) >= 11 is 0. The van der Waals surface area contributed by atoms with Crippen molar-refractivity contribution < 1.29 is 9.21 Å². The number of benzene rings is 2. The first-order chi connectivity index (χ1) is 12.1. The van der Waals surface area contributed by atoms with Crippen molar-refractivity contribution in [3.8, 4) is 17.5 Å². The maximum atomic E-state index is 12.0. The van der Waals surface area contributed by atoms with Crippen LogP contribution < -0.4 is 5.32 Å². The van der Waals surface area contributed by atoms with Crippen molar-refractivity contribution in [2.24, 2.45) is 0 Å². The van der Waals surface area contributed by atoms with E-state index in [1.165, 1.54) is 0 Å². The highest BCUT2D eigenvalue weighted by Crippen LogP contribution is 2.19. The van der Waals surface area contributed by atoms with Gasteiger partial charge in [0.1, 0.15) is 0 Å². The molecule has 6 heteroatoms. The van der Waals surface area contributed by atoms with Crippen molar-refractivity contribution in [3.05, 3.63) is 65.5 Å². The molecule has 0 aliphatic rings. The first-order valence-electron chi connectivity index (χ1n) is 7.83. The standard InChI is InChI=1S/C19H16N4O2/c1-13-4-2-6-15(10-13)19-23-22-18(25-19)9-8-17(24)21-16-7-3-5-14(11-16)12-20/h2-7,10-11H,8-9H2,1H3,(H,21,24). The number of anilines is 1. The Labute approximate surface area is 145 Å². The minimum absolute atomic E-state index is 0.176. The minimum Gasteiger partial charge on any atom is -0.421 e. The summed E-state index contributed by atoms with van der Waals surface area (Å²) in [6.45, 7) is 1.99. The van der Waals surface area contributed by atoms with Crippen molar-refractivity contribution >= 4 is 11.6 Å². The molecule has 1 N–H and O–H groups in total. The van der Waals surface area contributed by atoms with Crippen molar-refractivity contribution in [2.75, 3.05) is 5.32 Å². The lowest BCUT2D eigenvalue weighted by atomic mass is 10.1. The van der Waals surface area contributed by atoms with Crippen LogP contribution >= 0.6 is 0 Å². The highest BCUT2D eigenvalue weighted by atomic mass is 16.4. The van der Waals surface area contributed by atoms with Crippen LogP contribution in [0.4, 0.5) is 5.69 Å². The van der Waals surface area contributed by atoms with Gasteiger partial charge in [0.25, 0.3) is 0 Å². The number of nitrogens with one attached hydrogen (secondary N) is 1. The summed E-state index contributed by atoms with van der Waals surface area (Å²) in [6, 6.07) is 16.6. The molecule has 0 bridgehead atoms. The molecule has 3 rings (SSSR count). The maximum Gasteiger partial charge on any atom is 0.247 e. The summed E-state index contributed by atoms with van der Waals surface area (Å²) in [5.41, 5.74) is 3.06. The van der Waals surface area contributed by atoms with Gasteiger partial charge in [0.05, 0.1) is 11.6 Å². The molecule has 0 spiro atoms. The molecule has 0 fully saturated rings.